The van der Waals surface area contributed by atoms with Gasteiger partial charge < -0.3 is 9.80 Å². The Hall–Kier alpha value is -15.2. The van der Waals surface area contributed by atoms with Gasteiger partial charge in [-0.2, -0.15) is 0 Å². The highest BCUT2D eigenvalue weighted by Gasteiger charge is 2.43. The van der Waals surface area contributed by atoms with Crippen LogP contribution < -0.4 is 9.80 Å². The van der Waals surface area contributed by atoms with Crippen molar-refractivity contribution in [2.75, 3.05) is 9.80 Å². The van der Waals surface area contributed by atoms with Gasteiger partial charge in [-0.25, -0.2) is 23.4 Å². The lowest BCUT2D eigenvalue weighted by Gasteiger charge is -2.42. The highest BCUT2D eigenvalue weighted by atomic mass is 16.2. The number of terminal acetylenes is 2. The molecule has 1 atom stereocenters. The van der Waals surface area contributed by atoms with E-state index in [4.69, 9.17) is 38.5 Å². The molecule has 0 fully saturated rings. The summed E-state index contributed by atoms with van der Waals surface area (Å²) < 4.78 is 10.5. The van der Waals surface area contributed by atoms with Crippen LogP contribution in [0.25, 0.3) is 113 Å². The van der Waals surface area contributed by atoms with Crippen molar-refractivity contribution in [1.29, 1.82) is 0 Å². The van der Waals surface area contributed by atoms with E-state index in [9.17, 15) is 4.79 Å². The molecule has 0 saturated carbocycles. The van der Waals surface area contributed by atoms with Crippen LogP contribution in [0.3, 0.4) is 0 Å². The van der Waals surface area contributed by atoms with Crippen LogP contribution in [0.2, 0.25) is 0 Å². The molecule has 0 saturated heterocycles. The Morgan fingerprint density at radius 1 is 0.275 bits per heavy atom. The molecule has 7 heterocycles. The largest absolute Gasteiger partial charge is 0.362 e. The third kappa shape index (κ3) is 20.2. The molecule has 13 aromatic rings. The maximum absolute atomic E-state index is 13.9. The Kier molecular flexibility index (Phi) is 30.5. The Balaban J connectivity index is 0.000000147. The third-order valence-electron chi connectivity index (χ3n) is 28.7. The minimum atomic E-state index is -0.351. The maximum Gasteiger partial charge on any atom is 0.259 e. The van der Waals surface area contributed by atoms with Gasteiger partial charge in [0.25, 0.3) is 5.91 Å². The highest BCUT2D eigenvalue weighted by molar-refractivity contribution is 6.15. The molecule has 17 rings (SSSR count). The van der Waals surface area contributed by atoms with Crippen molar-refractivity contribution >= 4 is 17.3 Å². The molecule has 2 aliphatic heterocycles. The Morgan fingerprint density at radius 3 is 0.899 bits per heavy atom. The van der Waals surface area contributed by atoms with E-state index < -0.39 is 0 Å². The summed E-state index contributed by atoms with van der Waals surface area (Å²) in [7, 11) is 0. The number of carbonyl (C=O) groups is 1. The lowest BCUT2D eigenvalue weighted by Crippen LogP contribution is -2.48. The SMILES string of the molecule is C#CC#CC#CC#CC#CC#CC#CC#CC#C.CCC(C)(C)C1Cc2ccccc2-c2nnn(C(C)(C)CC)c2-c2ccccc21.CCC(C)(C)N1C(=O)c2ccccc2-c2nnn(C(C)(C)CC)c2-c2ccccc21.CCC(C)(C)N1Cc2ccccc2-c2nnn(C(C)(C)CC)c2-c2ccccc21.CCC(C)(C)n1nnc2c1-c1ccccc1-c1c(nnn1C(C)(C)CC)-c1ccccc1-2. The van der Waals surface area contributed by atoms with Gasteiger partial charge in [0, 0.05) is 84.5 Å². The molecular formula is C120H127N17O. The summed E-state index contributed by atoms with van der Waals surface area (Å²) >= 11 is 0. The van der Waals surface area contributed by atoms with Crippen molar-refractivity contribution in [1.82, 2.24) is 75.0 Å². The molecule has 138 heavy (non-hydrogen) atoms. The summed E-state index contributed by atoms with van der Waals surface area (Å²) in [5, 5.41) is 46.8. The van der Waals surface area contributed by atoms with Gasteiger partial charge in [0.05, 0.1) is 61.9 Å². The van der Waals surface area contributed by atoms with Crippen LogP contribution in [-0.4, -0.2) is 92.0 Å². The fourth-order valence-corrected chi connectivity index (χ4v) is 17.4. The zero-order valence-corrected chi connectivity index (χ0v) is 84.8. The number of benzene rings is 8. The van der Waals surface area contributed by atoms with Crippen LogP contribution in [0.1, 0.15) is 251 Å². The summed E-state index contributed by atoms with van der Waals surface area (Å²) in [6, 6.07) is 67.9. The molecule has 0 radical (unpaired) electrons. The lowest BCUT2D eigenvalue weighted by molar-refractivity contribution is 0.0961. The standard InChI is InChI=1S/C26H30N6.C26H33N3.C25H30N4O.C25H32N4.C18H2/c1-7-25(3,4)31-23-19-15-11-12-16-20(19)24-22(28-30-32(24)26(5,6)8-2)18-14-10-9-13-17(18)21(23)27-29-31;1-7-25(3,4)22-17-18-13-9-10-14-19(18)23-24(21-16-12-11-15-20(21)22)29(28-27-23)26(5,6)8-2;1-7-24(3,4)28-20-16-12-11-15-19(20)22-21(26-27-29(22)25(5,6)8-2)17-13-9-10-14-18(17)23(28)30;1-7-24(3,4)28-17-18-13-9-10-14-19(18)22-23(20-15-11-12-16-21(20)28)29(27-26-22)25(5,6)8-2;1-3-5-7-9-11-13-15-17-18-16-14-12-10-8-6-4-2/h9-16H,7-8H2,1-6H3;9-16,22H,7-8,17H2,1-6H3;9-16H,7-8H2,1-6H3;9-16H,7-8,17H2,1-6H3;1-2H. The molecule has 1 amide bonds. The van der Waals surface area contributed by atoms with E-state index in [0.29, 0.717) is 11.5 Å². The average molecular weight is 1820 g/mol. The van der Waals surface area contributed by atoms with Gasteiger partial charge in [0.15, 0.2) is 0 Å². The van der Waals surface area contributed by atoms with Crippen molar-refractivity contribution in [3.05, 3.63) is 216 Å². The molecule has 0 N–H and O–H groups in total. The summed E-state index contributed by atoms with van der Waals surface area (Å²) in [5.74, 6) is 38.7. The van der Waals surface area contributed by atoms with E-state index in [-0.39, 0.29) is 50.1 Å². The number of anilines is 2. The quantitative estimate of drug-likeness (QED) is 0.0838. The first-order valence-corrected chi connectivity index (χ1v) is 48.1. The van der Waals surface area contributed by atoms with Gasteiger partial charge >= 0.3 is 0 Å². The molecule has 8 aromatic carbocycles. The van der Waals surface area contributed by atoms with Gasteiger partial charge in [-0.1, -0.05) is 278 Å². The van der Waals surface area contributed by atoms with E-state index in [1.54, 1.807) is 0 Å². The molecule has 2 aliphatic carbocycles. The molecule has 5 aromatic heterocycles. The number of carbonyl (C=O) groups excluding carboxylic acids is 1. The fourth-order valence-electron chi connectivity index (χ4n) is 17.4. The van der Waals surface area contributed by atoms with E-state index in [1.807, 2.05) is 52.0 Å². The summed E-state index contributed by atoms with van der Waals surface area (Å²) in [5.41, 5.74) is 27.0. The molecule has 698 valence electrons. The predicted molar refractivity (Wildman–Crippen MR) is 564 cm³/mol. The lowest BCUT2D eigenvalue weighted by atomic mass is 9.68. The van der Waals surface area contributed by atoms with Gasteiger partial charge in [0.2, 0.25) is 0 Å². The summed E-state index contributed by atoms with van der Waals surface area (Å²) in [6.07, 6.45) is 18.6. The number of rotatable bonds is 16. The summed E-state index contributed by atoms with van der Waals surface area (Å²) in [4.78, 5) is 18.4. The van der Waals surface area contributed by atoms with Crippen LogP contribution in [0.4, 0.5) is 11.4 Å². The van der Waals surface area contributed by atoms with Crippen LogP contribution >= 0.6 is 0 Å². The minimum absolute atomic E-state index is 0.000137. The van der Waals surface area contributed by atoms with Crippen molar-refractivity contribution < 1.29 is 4.79 Å². The second-order valence-corrected chi connectivity index (χ2v) is 40.1. The van der Waals surface area contributed by atoms with E-state index in [1.165, 1.54) is 44.6 Å². The van der Waals surface area contributed by atoms with Gasteiger partial charge in [0.1, 0.15) is 28.5 Å². The predicted octanol–water partition coefficient (Wildman–Crippen LogP) is 25.4. The number of para-hydroxylation sites is 2. The van der Waals surface area contributed by atoms with E-state index in [0.717, 1.165) is 160 Å². The van der Waals surface area contributed by atoms with Crippen molar-refractivity contribution in [3.63, 3.8) is 0 Å². The first-order valence-electron chi connectivity index (χ1n) is 48.1. The van der Waals surface area contributed by atoms with E-state index >= 15 is 0 Å². The topological polar surface area (TPSA) is 177 Å². The summed E-state index contributed by atoms with van der Waals surface area (Å²) in [6.45, 7) is 54.5. The number of hydrogen-bond donors (Lipinski definition) is 0. The normalized spacial score (nSPS) is 12.9. The number of aromatic nitrogens is 15. The smallest absolute Gasteiger partial charge is 0.259 e. The fraction of sp³-hybridized carbons (Fsp3) is 0.358. The maximum atomic E-state index is 13.9. The van der Waals surface area contributed by atoms with Crippen molar-refractivity contribution in [2.45, 2.75) is 275 Å². The van der Waals surface area contributed by atoms with Crippen LogP contribution in [-0.2, 0) is 40.7 Å². The monoisotopic (exact) mass is 1820 g/mol. The van der Waals surface area contributed by atoms with Gasteiger partial charge in [-0.3, -0.25) is 4.79 Å². The highest BCUT2D eigenvalue weighted by Crippen LogP contribution is 2.54. The first-order chi connectivity index (χ1) is 66.0. The van der Waals surface area contributed by atoms with E-state index in [2.05, 4.69) is 462 Å². The third-order valence-corrected chi connectivity index (χ3v) is 28.7. The van der Waals surface area contributed by atoms with Crippen LogP contribution in [0.5, 0.6) is 0 Å². The molecule has 0 bridgehead atoms. The van der Waals surface area contributed by atoms with Crippen molar-refractivity contribution in [3.8, 4) is 220 Å². The number of nitrogens with zero attached hydrogens (tertiary/aromatic N) is 17. The van der Waals surface area contributed by atoms with Gasteiger partial charge in [-0.15, -0.1) is 38.3 Å². The molecule has 18 nitrogen and oxygen atoms in total. The number of amides is 1. The minimum Gasteiger partial charge on any atom is -0.362 e. The molecule has 1 unspecified atom stereocenters. The molecular weight excluding hydrogens is 1700 g/mol. The number of hydrogen-bond acceptors (Lipinski definition) is 12. The first kappa shape index (κ1) is 100. The Bertz CT molecular complexity index is 6960. The second-order valence-electron chi connectivity index (χ2n) is 40.1. The van der Waals surface area contributed by atoms with Gasteiger partial charge in [-0.05, 0) is 289 Å². The Morgan fingerprint density at radius 2 is 0.536 bits per heavy atom. The molecule has 4 aliphatic rings. The zero-order valence-electron chi connectivity index (χ0n) is 84.8. The van der Waals surface area contributed by atoms with Crippen LogP contribution in [0.15, 0.2) is 194 Å². The zero-order chi connectivity index (χ0) is 99.3. The molecule has 0 spiro atoms. The average Bonchev–Trinajstić information content (AvgIpc) is 1.49. The van der Waals surface area contributed by atoms with Crippen LogP contribution in [0, 0.1) is 113 Å². The molecule has 18 heteroatoms. The Labute approximate surface area is 818 Å². The van der Waals surface area contributed by atoms with Crippen molar-refractivity contribution in [2.24, 2.45) is 5.41 Å². The number of fused-ring (bicyclic) bond motifs is 23. The second kappa shape index (κ2) is 41.9.